The molecule has 4 nitrogen and oxygen atoms in total. The minimum atomic E-state index is -1.43. The molecule has 0 aromatic heterocycles. The standard InChI is InChI=1S/C25H36O4/c1-4-5-21(27)23(29)22(28)20-9-8-18-17-7-6-15-14-16(26)10-12-24(15,2)19(17)11-13-25(18,20)3/h14,17-20,23,29H,4-13H2,1-3H3/t17-,18-,19-,20+,23?,24-,25-/m0/s1. The van der Waals surface area contributed by atoms with Crippen molar-refractivity contribution in [3.05, 3.63) is 11.6 Å². The number of aliphatic hydroxyl groups is 1. The molecule has 0 spiro atoms. The molecule has 0 saturated heterocycles. The maximum atomic E-state index is 13.1. The molecule has 4 heteroatoms. The lowest BCUT2D eigenvalue weighted by atomic mass is 9.46. The van der Waals surface area contributed by atoms with Gasteiger partial charge in [0.1, 0.15) is 0 Å². The minimum absolute atomic E-state index is 0.103. The first-order valence-electron chi connectivity index (χ1n) is 11.7. The molecular formula is C25H36O4. The largest absolute Gasteiger partial charge is 0.378 e. The van der Waals surface area contributed by atoms with Gasteiger partial charge in [0.25, 0.3) is 0 Å². The van der Waals surface area contributed by atoms with Gasteiger partial charge in [0.2, 0.25) is 0 Å². The average molecular weight is 401 g/mol. The molecule has 0 bridgehead atoms. The first kappa shape index (κ1) is 21.0. The summed E-state index contributed by atoms with van der Waals surface area (Å²) in [6.07, 6.45) is 9.08. The maximum Gasteiger partial charge on any atom is 0.172 e. The zero-order valence-electron chi connectivity index (χ0n) is 18.2. The Hall–Kier alpha value is -1.29. The Labute approximate surface area is 174 Å². The average Bonchev–Trinajstić information content (AvgIpc) is 3.04. The van der Waals surface area contributed by atoms with Crippen molar-refractivity contribution in [1.29, 1.82) is 0 Å². The van der Waals surface area contributed by atoms with Crippen molar-refractivity contribution < 1.29 is 19.5 Å². The van der Waals surface area contributed by atoms with Gasteiger partial charge in [0.05, 0.1) is 0 Å². The zero-order chi connectivity index (χ0) is 21.0. The minimum Gasteiger partial charge on any atom is -0.378 e. The van der Waals surface area contributed by atoms with E-state index in [4.69, 9.17) is 0 Å². The van der Waals surface area contributed by atoms with E-state index in [1.54, 1.807) is 0 Å². The van der Waals surface area contributed by atoms with E-state index in [2.05, 4.69) is 13.8 Å². The molecule has 4 rings (SSSR count). The third-order valence-electron chi connectivity index (χ3n) is 9.38. The fourth-order valence-corrected chi connectivity index (χ4v) is 7.76. The van der Waals surface area contributed by atoms with Crippen molar-refractivity contribution in [3.8, 4) is 0 Å². The van der Waals surface area contributed by atoms with Crippen LogP contribution in [0.1, 0.15) is 85.0 Å². The number of hydrogen-bond acceptors (Lipinski definition) is 4. The SMILES string of the molecule is CCCC(=O)C(O)C(=O)[C@H]1CC[C@H]2[C@@H]3CCC4=CC(=O)CC[C@]4(C)[C@H]3CC[C@]12C. The van der Waals surface area contributed by atoms with Crippen LogP contribution in [0.25, 0.3) is 0 Å². The predicted molar refractivity (Wildman–Crippen MR) is 111 cm³/mol. The molecule has 0 aromatic rings. The fraction of sp³-hybridized carbons (Fsp3) is 0.800. The van der Waals surface area contributed by atoms with Crippen LogP contribution in [0.15, 0.2) is 11.6 Å². The second kappa shape index (κ2) is 7.44. The van der Waals surface area contributed by atoms with Gasteiger partial charge in [-0.2, -0.15) is 0 Å². The van der Waals surface area contributed by atoms with Gasteiger partial charge in [0.15, 0.2) is 23.5 Å². The zero-order valence-corrected chi connectivity index (χ0v) is 18.2. The number of Topliss-reactive ketones (excluding diaryl/α,β-unsaturated/α-hetero) is 2. The number of hydrogen-bond donors (Lipinski definition) is 1. The van der Waals surface area contributed by atoms with Crippen LogP contribution in [0, 0.1) is 34.5 Å². The quantitative estimate of drug-likeness (QED) is 0.693. The summed E-state index contributed by atoms with van der Waals surface area (Å²) in [5, 5.41) is 10.4. The third-order valence-corrected chi connectivity index (χ3v) is 9.38. The molecule has 0 aromatic carbocycles. The molecule has 0 radical (unpaired) electrons. The highest BCUT2D eigenvalue weighted by molar-refractivity contribution is 6.06. The number of carbonyl (C=O) groups is 3. The number of aliphatic hydroxyl groups excluding tert-OH is 1. The number of allylic oxidation sites excluding steroid dienone is 1. The van der Waals surface area contributed by atoms with Crippen LogP contribution in [0.3, 0.4) is 0 Å². The Morgan fingerprint density at radius 3 is 2.59 bits per heavy atom. The van der Waals surface area contributed by atoms with Crippen molar-refractivity contribution in [1.82, 2.24) is 0 Å². The molecule has 29 heavy (non-hydrogen) atoms. The van der Waals surface area contributed by atoms with E-state index in [0.717, 1.165) is 44.9 Å². The van der Waals surface area contributed by atoms with Gasteiger partial charge in [-0.05, 0) is 86.0 Å². The summed E-state index contributed by atoms with van der Waals surface area (Å²) >= 11 is 0. The first-order chi connectivity index (χ1) is 13.7. The van der Waals surface area contributed by atoms with Crippen LogP contribution in [-0.2, 0) is 14.4 Å². The van der Waals surface area contributed by atoms with Crippen molar-refractivity contribution in [2.45, 2.75) is 91.1 Å². The third kappa shape index (κ3) is 3.17. The lowest BCUT2D eigenvalue weighted by Gasteiger charge is -2.58. The molecule has 1 unspecified atom stereocenters. The summed E-state index contributed by atoms with van der Waals surface area (Å²) in [5.74, 6) is 1.22. The van der Waals surface area contributed by atoms with E-state index >= 15 is 0 Å². The summed E-state index contributed by atoms with van der Waals surface area (Å²) in [6, 6.07) is 0. The number of ketones is 3. The number of fused-ring (bicyclic) bond motifs is 5. The summed E-state index contributed by atoms with van der Waals surface area (Å²) in [4.78, 5) is 37.2. The summed E-state index contributed by atoms with van der Waals surface area (Å²) in [7, 11) is 0. The summed E-state index contributed by atoms with van der Waals surface area (Å²) < 4.78 is 0. The van der Waals surface area contributed by atoms with E-state index < -0.39 is 6.10 Å². The van der Waals surface area contributed by atoms with Crippen molar-refractivity contribution in [3.63, 3.8) is 0 Å². The Balaban J connectivity index is 1.56. The second-order valence-electron chi connectivity index (χ2n) is 10.7. The molecular weight excluding hydrogens is 364 g/mol. The van der Waals surface area contributed by atoms with E-state index in [1.807, 2.05) is 13.0 Å². The molecule has 1 N–H and O–H groups in total. The molecule has 3 saturated carbocycles. The van der Waals surface area contributed by atoms with E-state index in [0.29, 0.717) is 30.6 Å². The maximum absolute atomic E-state index is 13.1. The van der Waals surface area contributed by atoms with Gasteiger partial charge in [-0.1, -0.05) is 26.3 Å². The highest BCUT2D eigenvalue weighted by atomic mass is 16.3. The highest BCUT2D eigenvalue weighted by Gasteiger charge is 2.60. The van der Waals surface area contributed by atoms with E-state index in [9.17, 15) is 19.5 Å². The second-order valence-corrected chi connectivity index (χ2v) is 10.7. The molecule has 0 aliphatic heterocycles. The van der Waals surface area contributed by atoms with Crippen LogP contribution in [0.5, 0.6) is 0 Å². The Morgan fingerprint density at radius 2 is 1.86 bits per heavy atom. The van der Waals surface area contributed by atoms with Crippen LogP contribution in [0.4, 0.5) is 0 Å². The van der Waals surface area contributed by atoms with Crippen LogP contribution in [-0.4, -0.2) is 28.6 Å². The van der Waals surface area contributed by atoms with Crippen molar-refractivity contribution in [2.24, 2.45) is 34.5 Å². The lowest BCUT2D eigenvalue weighted by molar-refractivity contribution is -0.145. The Kier molecular flexibility index (Phi) is 5.38. The van der Waals surface area contributed by atoms with E-state index in [-0.39, 0.29) is 40.5 Å². The molecule has 4 aliphatic carbocycles. The van der Waals surface area contributed by atoms with Gasteiger partial charge in [0, 0.05) is 18.8 Å². The van der Waals surface area contributed by atoms with Gasteiger partial charge < -0.3 is 5.11 Å². The van der Waals surface area contributed by atoms with Crippen molar-refractivity contribution >= 4 is 17.3 Å². The van der Waals surface area contributed by atoms with Gasteiger partial charge in [-0.15, -0.1) is 0 Å². The molecule has 0 amide bonds. The molecule has 0 heterocycles. The number of carbonyl (C=O) groups excluding carboxylic acids is 3. The topological polar surface area (TPSA) is 71.4 Å². The number of rotatable bonds is 5. The molecule has 4 aliphatic rings. The highest BCUT2D eigenvalue weighted by Crippen LogP contribution is 2.66. The Morgan fingerprint density at radius 1 is 1.10 bits per heavy atom. The van der Waals surface area contributed by atoms with Gasteiger partial charge >= 0.3 is 0 Å². The molecule has 160 valence electrons. The lowest BCUT2D eigenvalue weighted by Crippen LogP contribution is -2.52. The first-order valence-corrected chi connectivity index (χ1v) is 11.7. The Bertz CT molecular complexity index is 752. The van der Waals surface area contributed by atoms with Crippen LogP contribution >= 0.6 is 0 Å². The van der Waals surface area contributed by atoms with Gasteiger partial charge in [-0.25, -0.2) is 0 Å². The smallest absolute Gasteiger partial charge is 0.172 e. The van der Waals surface area contributed by atoms with Crippen LogP contribution < -0.4 is 0 Å². The van der Waals surface area contributed by atoms with Crippen molar-refractivity contribution in [2.75, 3.05) is 0 Å². The predicted octanol–water partition coefficient (Wildman–Crippen LogP) is 4.43. The molecule has 7 atom stereocenters. The van der Waals surface area contributed by atoms with Gasteiger partial charge in [-0.3, -0.25) is 14.4 Å². The van der Waals surface area contributed by atoms with Crippen LogP contribution in [0.2, 0.25) is 0 Å². The fourth-order valence-electron chi connectivity index (χ4n) is 7.76. The van der Waals surface area contributed by atoms with E-state index in [1.165, 1.54) is 5.57 Å². The summed E-state index contributed by atoms with van der Waals surface area (Å²) in [6.45, 7) is 6.52. The monoisotopic (exact) mass is 400 g/mol. The molecule has 3 fully saturated rings. The summed E-state index contributed by atoms with van der Waals surface area (Å²) in [5.41, 5.74) is 1.40. The normalized spacial score (nSPS) is 42.3.